The minimum Gasteiger partial charge on any atom is -0.504 e. The topological polar surface area (TPSA) is 105 Å². The van der Waals surface area contributed by atoms with Crippen molar-refractivity contribution in [2.75, 3.05) is 18.5 Å². The van der Waals surface area contributed by atoms with Crippen LogP contribution < -0.4 is 10.6 Å². The minimum atomic E-state index is -4.00. The fraction of sp³-hybridized carbons (Fsp3) is 0.471. The summed E-state index contributed by atoms with van der Waals surface area (Å²) in [5.41, 5.74) is -0.0592. The molecule has 1 aliphatic carbocycles. The smallest absolute Gasteiger partial charge is 0.319 e. The molecular weight excluding hydrogens is 415 g/mol. The van der Waals surface area contributed by atoms with E-state index in [4.69, 9.17) is 27.9 Å². The zero-order chi connectivity index (χ0) is 19.8. The van der Waals surface area contributed by atoms with Crippen molar-refractivity contribution < 1.29 is 23.1 Å². The number of allylic oxidation sites excluding steroid dienone is 1. The molecule has 0 spiro atoms. The van der Waals surface area contributed by atoms with Crippen molar-refractivity contribution in [3.63, 3.8) is 0 Å². The number of nitrogens with one attached hydrogen (secondary N) is 2. The maximum absolute atomic E-state index is 13.1. The van der Waals surface area contributed by atoms with E-state index in [1.54, 1.807) is 6.92 Å². The Labute approximate surface area is 167 Å². The van der Waals surface area contributed by atoms with Gasteiger partial charge >= 0.3 is 6.03 Å². The first kappa shape index (κ1) is 20.3. The lowest BCUT2D eigenvalue weighted by molar-refractivity contribution is 0.191. The first-order chi connectivity index (χ1) is 12.7. The summed E-state index contributed by atoms with van der Waals surface area (Å²) >= 11 is 12.1. The number of ether oxygens (including phenoxy) is 1. The number of benzene rings is 1. The molecule has 1 saturated heterocycles. The van der Waals surface area contributed by atoms with Crippen LogP contribution in [0, 0.1) is 0 Å². The SMILES string of the molecule is CC1(S(=O)(=O)c2c(Cl)ccc(NC(=O)N[C@@H]3CCC=C3Cl)c2O)CCOC1. The van der Waals surface area contributed by atoms with Crippen molar-refractivity contribution in [1.29, 1.82) is 0 Å². The molecule has 2 amide bonds. The van der Waals surface area contributed by atoms with Gasteiger partial charge in [-0.05, 0) is 38.3 Å². The van der Waals surface area contributed by atoms with Crippen LogP contribution in [0.15, 0.2) is 28.1 Å². The minimum absolute atomic E-state index is 0.00968. The highest BCUT2D eigenvalue weighted by molar-refractivity contribution is 7.93. The molecule has 1 unspecified atom stereocenters. The Hall–Kier alpha value is -1.48. The highest BCUT2D eigenvalue weighted by atomic mass is 35.5. The highest BCUT2D eigenvalue weighted by Gasteiger charge is 2.46. The van der Waals surface area contributed by atoms with Crippen molar-refractivity contribution in [3.05, 3.63) is 28.3 Å². The molecule has 3 rings (SSSR count). The molecule has 1 aliphatic heterocycles. The number of aromatic hydroxyl groups is 1. The fourth-order valence-electron chi connectivity index (χ4n) is 3.14. The predicted molar refractivity (Wildman–Crippen MR) is 103 cm³/mol. The number of hydrogen-bond acceptors (Lipinski definition) is 5. The number of urea groups is 1. The van der Waals surface area contributed by atoms with Crippen LogP contribution in [0.3, 0.4) is 0 Å². The highest BCUT2D eigenvalue weighted by Crippen LogP contribution is 2.43. The molecule has 0 aromatic heterocycles. The number of halogens is 2. The average molecular weight is 435 g/mol. The van der Waals surface area contributed by atoms with Crippen LogP contribution in [0.4, 0.5) is 10.5 Å². The van der Waals surface area contributed by atoms with Crippen molar-refractivity contribution in [1.82, 2.24) is 5.32 Å². The number of sulfone groups is 1. The number of rotatable bonds is 4. The molecule has 1 aromatic rings. The van der Waals surface area contributed by atoms with E-state index in [2.05, 4.69) is 10.6 Å². The third kappa shape index (κ3) is 3.76. The summed E-state index contributed by atoms with van der Waals surface area (Å²) < 4.78 is 30.2. The number of hydrogen-bond donors (Lipinski definition) is 3. The molecule has 1 fully saturated rings. The molecule has 2 atom stereocenters. The third-order valence-corrected chi connectivity index (χ3v) is 8.28. The second kappa shape index (κ2) is 7.50. The number of phenolic OH excluding ortho intramolecular Hbond substituents is 1. The van der Waals surface area contributed by atoms with Crippen LogP contribution in [0.25, 0.3) is 0 Å². The number of anilines is 1. The van der Waals surface area contributed by atoms with Gasteiger partial charge in [-0.3, -0.25) is 0 Å². The molecule has 2 aliphatic rings. The van der Waals surface area contributed by atoms with E-state index in [1.807, 2.05) is 6.08 Å². The van der Waals surface area contributed by atoms with Gasteiger partial charge in [0.25, 0.3) is 0 Å². The first-order valence-corrected chi connectivity index (χ1v) is 10.7. The maximum atomic E-state index is 13.1. The zero-order valence-electron chi connectivity index (χ0n) is 14.6. The van der Waals surface area contributed by atoms with Crippen LogP contribution in [0.1, 0.15) is 26.2 Å². The van der Waals surface area contributed by atoms with E-state index < -0.39 is 31.3 Å². The lowest BCUT2D eigenvalue weighted by Crippen LogP contribution is -2.37. The van der Waals surface area contributed by atoms with Gasteiger partial charge in [-0.15, -0.1) is 0 Å². The van der Waals surface area contributed by atoms with E-state index in [-0.39, 0.29) is 29.8 Å². The summed E-state index contributed by atoms with van der Waals surface area (Å²) in [6, 6.07) is 1.75. The number of amides is 2. The number of carbonyl (C=O) groups excluding carboxylic acids is 1. The fourth-order valence-corrected chi connectivity index (χ4v) is 5.64. The van der Waals surface area contributed by atoms with Crippen LogP contribution in [0.5, 0.6) is 5.75 Å². The Morgan fingerprint density at radius 3 is 2.70 bits per heavy atom. The van der Waals surface area contributed by atoms with Crippen molar-refractivity contribution >= 4 is 44.8 Å². The Bertz CT molecular complexity index is 895. The van der Waals surface area contributed by atoms with Gasteiger partial charge in [0.2, 0.25) is 0 Å². The molecule has 148 valence electrons. The standard InChI is InChI=1S/C17H20Cl2N2O5S/c1-17(7-8-26-9-17)27(24,25)15-11(19)5-6-13(14(15)22)21-16(23)20-12-4-2-3-10(12)18/h3,5-6,12,22H,2,4,7-9H2,1H3,(H2,20,21,23)/t12-,17?/m1/s1. The Balaban J connectivity index is 1.87. The number of phenols is 1. The molecule has 7 nitrogen and oxygen atoms in total. The zero-order valence-corrected chi connectivity index (χ0v) is 16.9. The van der Waals surface area contributed by atoms with Gasteiger partial charge in [0, 0.05) is 11.6 Å². The van der Waals surface area contributed by atoms with Crippen molar-refractivity contribution in [3.8, 4) is 5.75 Å². The quantitative estimate of drug-likeness (QED) is 0.629. The summed E-state index contributed by atoms with van der Waals surface area (Å²) in [4.78, 5) is 11.8. The summed E-state index contributed by atoms with van der Waals surface area (Å²) in [5, 5.41) is 16.1. The largest absolute Gasteiger partial charge is 0.504 e. The van der Waals surface area contributed by atoms with Gasteiger partial charge in [-0.2, -0.15) is 0 Å². The Kier molecular flexibility index (Phi) is 5.63. The molecule has 0 bridgehead atoms. The van der Waals surface area contributed by atoms with Crippen molar-refractivity contribution in [2.24, 2.45) is 0 Å². The molecular formula is C17H20Cl2N2O5S. The Morgan fingerprint density at radius 1 is 1.37 bits per heavy atom. The van der Waals surface area contributed by atoms with Gasteiger partial charge in [-0.25, -0.2) is 13.2 Å². The second-order valence-corrected chi connectivity index (χ2v) is 10.1. The maximum Gasteiger partial charge on any atom is 0.319 e. The lowest BCUT2D eigenvalue weighted by atomic mass is 10.1. The second-order valence-electron chi connectivity index (χ2n) is 6.85. The van der Waals surface area contributed by atoms with Gasteiger partial charge in [0.15, 0.2) is 15.6 Å². The number of carbonyl (C=O) groups is 1. The normalized spacial score (nSPS) is 25.3. The van der Waals surface area contributed by atoms with Gasteiger partial charge in [-0.1, -0.05) is 29.3 Å². The first-order valence-electron chi connectivity index (χ1n) is 8.42. The van der Waals surface area contributed by atoms with Crippen molar-refractivity contribution in [2.45, 2.75) is 41.9 Å². The van der Waals surface area contributed by atoms with Crippen LogP contribution in [-0.4, -0.2) is 43.6 Å². The van der Waals surface area contributed by atoms with E-state index in [0.29, 0.717) is 18.1 Å². The summed E-state index contributed by atoms with van der Waals surface area (Å²) in [7, 11) is -4.00. The third-order valence-electron chi connectivity index (χ3n) is 4.86. The molecule has 0 saturated carbocycles. The van der Waals surface area contributed by atoms with E-state index in [9.17, 15) is 18.3 Å². The monoisotopic (exact) mass is 434 g/mol. The molecule has 10 heteroatoms. The van der Waals surface area contributed by atoms with Gasteiger partial charge in [0.05, 0.1) is 28.1 Å². The van der Waals surface area contributed by atoms with E-state index in [0.717, 1.165) is 6.42 Å². The van der Waals surface area contributed by atoms with Gasteiger partial charge in [0.1, 0.15) is 4.90 Å². The van der Waals surface area contributed by atoms with Crippen LogP contribution in [-0.2, 0) is 14.6 Å². The van der Waals surface area contributed by atoms with Gasteiger partial charge < -0.3 is 20.5 Å². The molecule has 3 N–H and O–H groups in total. The van der Waals surface area contributed by atoms with E-state index in [1.165, 1.54) is 12.1 Å². The molecule has 0 radical (unpaired) electrons. The molecule has 1 heterocycles. The molecule has 27 heavy (non-hydrogen) atoms. The predicted octanol–water partition coefficient (Wildman–Crippen LogP) is 3.40. The molecule has 1 aromatic carbocycles. The van der Waals surface area contributed by atoms with Crippen LogP contribution >= 0.6 is 23.2 Å². The Morgan fingerprint density at radius 2 is 2.11 bits per heavy atom. The van der Waals surface area contributed by atoms with Crippen LogP contribution in [0.2, 0.25) is 5.02 Å². The summed E-state index contributed by atoms with van der Waals surface area (Å²) in [6.45, 7) is 1.87. The summed E-state index contributed by atoms with van der Waals surface area (Å²) in [5.74, 6) is -0.598. The van der Waals surface area contributed by atoms with E-state index >= 15 is 0 Å². The summed E-state index contributed by atoms with van der Waals surface area (Å²) in [6.07, 6.45) is 3.55. The average Bonchev–Trinajstić information content (AvgIpc) is 3.20. The lowest BCUT2D eigenvalue weighted by Gasteiger charge is -2.24.